The molecule has 6 aliphatic carbocycles. The van der Waals surface area contributed by atoms with Crippen molar-refractivity contribution in [3.8, 4) is 0 Å². The lowest BCUT2D eigenvalue weighted by Gasteiger charge is -2.61. The summed E-state index contributed by atoms with van der Waals surface area (Å²) < 4.78 is 37.9. The predicted octanol–water partition coefficient (Wildman–Crippen LogP) is 13.5. The molecule has 1 aliphatic heterocycles. The molecular weight excluding hydrogens is 796 g/mol. The van der Waals surface area contributed by atoms with Gasteiger partial charge in [0.2, 0.25) is 0 Å². The van der Waals surface area contributed by atoms with Gasteiger partial charge in [0, 0.05) is 12.3 Å². The van der Waals surface area contributed by atoms with Crippen LogP contribution in [0.15, 0.2) is 23.8 Å². The Kier molecular flexibility index (Phi) is 14.9. The van der Waals surface area contributed by atoms with E-state index in [0.717, 1.165) is 73.5 Å². The lowest BCUT2D eigenvalue weighted by molar-refractivity contribution is -0.166. The summed E-state index contributed by atoms with van der Waals surface area (Å²) in [6, 6.07) is 0. The van der Waals surface area contributed by atoms with Gasteiger partial charge in [-0.3, -0.25) is 18.6 Å². The molecule has 0 amide bonds. The number of allylic oxidation sites excluding steroid dienone is 3. The lowest BCUT2D eigenvalue weighted by Crippen LogP contribution is -2.54. The molecule has 0 bridgehead atoms. The third kappa shape index (κ3) is 10.1. The molecule has 18 atom stereocenters. The van der Waals surface area contributed by atoms with E-state index in [0.29, 0.717) is 36.5 Å². The number of hydrogen-bond donors (Lipinski definition) is 1. The average Bonchev–Trinajstić information content (AvgIpc) is 3.56. The first-order valence-corrected chi connectivity index (χ1v) is 27.1. The minimum Gasteiger partial charge on any atom is -0.462 e. The van der Waals surface area contributed by atoms with Crippen LogP contribution in [0, 0.1) is 87.3 Å². The summed E-state index contributed by atoms with van der Waals surface area (Å²) >= 11 is 0. The van der Waals surface area contributed by atoms with Gasteiger partial charge in [0.15, 0.2) is 0 Å². The fourth-order valence-electron chi connectivity index (χ4n) is 14.9. The molecule has 4 saturated carbocycles. The number of carbonyl (C=O) groups excluding carboxylic acids is 2. The standard InChI is InChI=1S/C53H87O8P/c1-12-51(8,9)50(55)59-47-28-33(4)27-37-16-15-35(6)42(49(37)47)20-18-39-30-41(31-48(54)58-39)61-62(56,57)60-40-23-25-52(10)38(29-40)17-19-43-45-22-21-44(53(45,11)26-24-46(43)52)36(7)14-13-34(5)32(2)3/h15-16,27,32-36,38-47,49H,12-14,17-26,28-31H2,1-11H3,(H,56,57)/t33-,34+,35-,36+,38-,39+,40?,41?,42-,43-,44?,45-,46-,47-,49-,52-,53+/m0/s1. The number of esters is 2. The average molecular weight is 883 g/mol. The molecule has 62 heavy (non-hydrogen) atoms. The number of rotatable bonds is 15. The van der Waals surface area contributed by atoms with Gasteiger partial charge in [-0.25, -0.2) is 4.57 Å². The minimum atomic E-state index is -4.43. The molecule has 5 fully saturated rings. The summed E-state index contributed by atoms with van der Waals surface area (Å²) in [6.07, 6.45) is 21.5. The zero-order valence-corrected chi connectivity index (χ0v) is 41.6. The van der Waals surface area contributed by atoms with Crippen LogP contribution in [0.5, 0.6) is 0 Å². The van der Waals surface area contributed by atoms with Gasteiger partial charge >= 0.3 is 19.8 Å². The van der Waals surface area contributed by atoms with E-state index in [1.54, 1.807) is 0 Å². The van der Waals surface area contributed by atoms with E-state index in [2.05, 4.69) is 73.6 Å². The van der Waals surface area contributed by atoms with Crippen molar-refractivity contribution in [2.24, 2.45) is 87.3 Å². The van der Waals surface area contributed by atoms with Gasteiger partial charge in [-0.15, -0.1) is 0 Å². The molecule has 0 aromatic rings. The number of fused-ring (bicyclic) bond motifs is 6. The first-order valence-electron chi connectivity index (χ1n) is 25.6. The molecule has 0 aromatic heterocycles. The van der Waals surface area contributed by atoms with Crippen molar-refractivity contribution in [1.29, 1.82) is 0 Å². The Bertz CT molecular complexity index is 1700. The summed E-state index contributed by atoms with van der Waals surface area (Å²) in [4.78, 5) is 37.5. The molecule has 0 aromatic carbocycles. The Morgan fingerprint density at radius 2 is 1.63 bits per heavy atom. The van der Waals surface area contributed by atoms with Crippen molar-refractivity contribution in [3.05, 3.63) is 23.8 Å². The zero-order valence-electron chi connectivity index (χ0n) is 40.7. The number of cyclic esters (lactones) is 1. The number of phosphoric acid groups is 1. The fourth-order valence-corrected chi connectivity index (χ4v) is 16.0. The third-order valence-electron chi connectivity index (χ3n) is 19.5. The summed E-state index contributed by atoms with van der Waals surface area (Å²) in [7, 11) is -4.43. The Balaban J connectivity index is 0.921. The molecule has 1 N–H and O–H groups in total. The summed E-state index contributed by atoms with van der Waals surface area (Å²) in [6.45, 7) is 25.3. The number of carbonyl (C=O) groups is 2. The van der Waals surface area contributed by atoms with Gasteiger partial charge in [-0.1, -0.05) is 93.4 Å². The van der Waals surface area contributed by atoms with E-state index in [9.17, 15) is 19.0 Å². The van der Waals surface area contributed by atoms with Gasteiger partial charge in [0.25, 0.3) is 0 Å². The highest BCUT2D eigenvalue weighted by molar-refractivity contribution is 7.47. The maximum Gasteiger partial charge on any atom is 0.472 e. The van der Waals surface area contributed by atoms with E-state index in [4.69, 9.17) is 18.5 Å². The van der Waals surface area contributed by atoms with Crippen molar-refractivity contribution < 1.29 is 37.6 Å². The van der Waals surface area contributed by atoms with Crippen molar-refractivity contribution in [1.82, 2.24) is 0 Å². The van der Waals surface area contributed by atoms with Crippen molar-refractivity contribution >= 4 is 19.8 Å². The Hall–Kier alpha value is -1.47. The maximum atomic E-state index is 13.7. The molecule has 8 nitrogen and oxygen atoms in total. The zero-order chi connectivity index (χ0) is 44.9. The van der Waals surface area contributed by atoms with Gasteiger partial charge in [-0.05, 0) is 179 Å². The predicted molar refractivity (Wildman–Crippen MR) is 247 cm³/mol. The molecule has 7 aliphatic rings. The van der Waals surface area contributed by atoms with Crippen LogP contribution < -0.4 is 0 Å². The Morgan fingerprint density at radius 3 is 2.35 bits per heavy atom. The molecule has 1 heterocycles. The SMILES string of the molecule is CCC(C)(C)C(=O)O[C@H]1C[C@@H](C)C=C2C=C[C@H](C)[C@H](CC[C@@H]3CC(OP(=O)(O)OC4CC[C@@]5(C)[C@@H](CC[C@@H]6[C@@H]5CC[C@]5(C)C([C@H](C)CC[C@@H](C)C(C)C)CC[C@@H]65)C4)CC(=O)O3)[C@H]21. The maximum absolute atomic E-state index is 13.7. The van der Waals surface area contributed by atoms with E-state index in [1.807, 2.05) is 20.8 Å². The van der Waals surface area contributed by atoms with Crippen LogP contribution in [-0.4, -0.2) is 41.2 Å². The van der Waals surface area contributed by atoms with Crippen molar-refractivity contribution in [2.75, 3.05) is 0 Å². The summed E-state index contributed by atoms with van der Waals surface area (Å²) in [5, 5.41) is 0. The van der Waals surface area contributed by atoms with Crippen molar-refractivity contribution in [3.63, 3.8) is 0 Å². The van der Waals surface area contributed by atoms with Crippen LogP contribution in [0.1, 0.15) is 185 Å². The monoisotopic (exact) mass is 883 g/mol. The number of hydrogen-bond acceptors (Lipinski definition) is 7. The molecule has 0 spiro atoms. The summed E-state index contributed by atoms with van der Waals surface area (Å²) in [5.41, 5.74) is 1.39. The van der Waals surface area contributed by atoms with Crippen LogP contribution in [0.2, 0.25) is 0 Å². The Morgan fingerprint density at radius 1 is 0.919 bits per heavy atom. The van der Waals surface area contributed by atoms with E-state index < -0.39 is 31.4 Å². The van der Waals surface area contributed by atoms with Gasteiger partial charge in [-0.2, -0.15) is 0 Å². The van der Waals surface area contributed by atoms with Crippen LogP contribution in [0.3, 0.4) is 0 Å². The molecular formula is C53H87O8P. The topological polar surface area (TPSA) is 108 Å². The molecule has 4 unspecified atom stereocenters. The van der Waals surface area contributed by atoms with Gasteiger partial charge in [0.05, 0.1) is 24.0 Å². The largest absolute Gasteiger partial charge is 0.472 e. The molecule has 1 saturated heterocycles. The smallest absolute Gasteiger partial charge is 0.462 e. The highest BCUT2D eigenvalue weighted by atomic mass is 31.2. The second-order valence-corrected chi connectivity index (χ2v) is 25.3. The lowest BCUT2D eigenvalue weighted by atomic mass is 9.44. The van der Waals surface area contributed by atoms with Gasteiger partial charge < -0.3 is 14.4 Å². The quantitative estimate of drug-likeness (QED) is 0.128. The van der Waals surface area contributed by atoms with Crippen LogP contribution in [-0.2, 0) is 32.7 Å². The second kappa shape index (κ2) is 19.0. The van der Waals surface area contributed by atoms with Crippen molar-refractivity contribution in [2.45, 2.75) is 210 Å². The van der Waals surface area contributed by atoms with Crippen LogP contribution >= 0.6 is 7.82 Å². The van der Waals surface area contributed by atoms with Gasteiger partial charge in [0.1, 0.15) is 12.2 Å². The second-order valence-electron chi connectivity index (χ2n) is 24.0. The molecule has 0 radical (unpaired) electrons. The normalized spacial score (nSPS) is 42.6. The van der Waals surface area contributed by atoms with Crippen LogP contribution in [0.4, 0.5) is 0 Å². The number of ether oxygens (including phenoxy) is 2. The number of phosphoric ester groups is 1. The first kappa shape index (κ1) is 48.5. The van der Waals surface area contributed by atoms with E-state index in [1.165, 1.54) is 56.9 Å². The molecule has 9 heteroatoms. The first-order chi connectivity index (χ1) is 29.1. The summed E-state index contributed by atoms with van der Waals surface area (Å²) in [5.74, 6) is 6.31. The minimum absolute atomic E-state index is 0.0587. The molecule has 7 rings (SSSR count). The van der Waals surface area contributed by atoms with E-state index in [-0.39, 0.29) is 47.8 Å². The van der Waals surface area contributed by atoms with E-state index >= 15 is 0 Å². The molecule has 352 valence electrons. The van der Waals surface area contributed by atoms with Crippen LogP contribution in [0.25, 0.3) is 0 Å². The third-order valence-corrected chi connectivity index (χ3v) is 20.6. The fraction of sp³-hybridized carbons (Fsp3) is 0.887. The highest BCUT2D eigenvalue weighted by Gasteiger charge is 2.61. The Labute approximate surface area is 376 Å². The highest BCUT2D eigenvalue weighted by Crippen LogP contribution is 2.69.